The molecule has 0 amide bonds. The lowest BCUT2D eigenvalue weighted by Gasteiger charge is -2.30. The standard InChI is InChI=1S/C21H25NO.C6H8N2O2/c1-5-20-21(3,15-16-10-8-7-9-11-16)18-14-17(23-4)12-13-19(18)22(20)6-2;7-4-10-6(8)5-2-1-3-9-5/h5,7-14H,6,15H2,1-4H3;1-3,8H,4,7H2/b20-5-;. The zero-order chi connectivity index (χ0) is 23.8. The molecular formula is C27H33N3O3. The second-order valence-electron chi connectivity index (χ2n) is 7.91. The summed E-state index contributed by atoms with van der Waals surface area (Å²) < 4.78 is 15.0. The highest BCUT2D eigenvalue weighted by Gasteiger charge is 2.42. The highest BCUT2D eigenvalue weighted by molar-refractivity contribution is 5.88. The van der Waals surface area contributed by atoms with Gasteiger partial charge in [0.05, 0.1) is 13.4 Å². The Kier molecular flexibility index (Phi) is 7.96. The van der Waals surface area contributed by atoms with E-state index < -0.39 is 0 Å². The maximum atomic E-state index is 7.15. The molecule has 1 atom stereocenters. The molecule has 2 aromatic carbocycles. The van der Waals surface area contributed by atoms with Gasteiger partial charge in [-0.15, -0.1) is 0 Å². The van der Waals surface area contributed by atoms with Crippen molar-refractivity contribution in [1.29, 1.82) is 5.41 Å². The molecule has 0 radical (unpaired) electrons. The lowest BCUT2D eigenvalue weighted by molar-refractivity contribution is 0.306. The molecule has 0 saturated heterocycles. The van der Waals surface area contributed by atoms with Crippen LogP contribution in [0.4, 0.5) is 5.69 Å². The van der Waals surface area contributed by atoms with Gasteiger partial charge in [-0.05, 0) is 68.7 Å². The quantitative estimate of drug-likeness (QED) is 0.297. The zero-order valence-corrected chi connectivity index (χ0v) is 19.8. The van der Waals surface area contributed by atoms with Crippen molar-refractivity contribution >= 4 is 11.6 Å². The molecule has 3 N–H and O–H groups in total. The van der Waals surface area contributed by atoms with Crippen LogP contribution in [0.15, 0.2) is 83.1 Å². The van der Waals surface area contributed by atoms with Gasteiger partial charge >= 0.3 is 0 Å². The fraction of sp³-hybridized carbons (Fsp3) is 0.296. The Bertz CT molecular complexity index is 1080. The smallest absolute Gasteiger partial charge is 0.251 e. The third-order valence-electron chi connectivity index (χ3n) is 5.91. The van der Waals surface area contributed by atoms with E-state index in [0.717, 1.165) is 18.7 Å². The second kappa shape index (κ2) is 10.9. The summed E-state index contributed by atoms with van der Waals surface area (Å²) in [5, 5.41) is 7.15. The minimum Gasteiger partial charge on any atom is -0.497 e. The molecule has 1 aliphatic rings. The number of ether oxygens (including phenoxy) is 2. The number of furan rings is 1. The predicted octanol–water partition coefficient (Wildman–Crippen LogP) is 5.48. The van der Waals surface area contributed by atoms with Gasteiger partial charge in [0.15, 0.2) is 5.76 Å². The van der Waals surface area contributed by atoms with Gasteiger partial charge in [-0.1, -0.05) is 36.4 Å². The molecule has 33 heavy (non-hydrogen) atoms. The topological polar surface area (TPSA) is 84.7 Å². The van der Waals surface area contributed by atoms with Crippen molar-refractivity contribution in [1.82, 2.24) is 0 Å². The fourth-order valence-corrected chi connectivity index (χ4v) is 4.45. The number of nitrogens with one attached hydrogen (secondary N) is 1. The average Bonchev–Trinajstić information content (AvgIpc) is 3.45. The number of fused-ring (bicyclic) bond motifs is 1. The number of nitrogens with zero attached hydrogens (tertiary/aromatic N) is 1. The van der Waals surface area contributed by atoms with Crippen LogP contribution in [0.5, 0.6) is 5.75 Å². The number of hydrogen-bond donors (Lipinski definition) is 2. The molecule has 0 saturated carbocycles. The second-order valence-corrected chi connectivity index (χ2v) is 7.91. The van der Waals surface area contributed by atoms with Crippen molar-refractivity contribution in [2.45, 2.75) is 32.6 Å². The Morgan fingerprint density at radius 3 is 2.48 bits per heavy atom. The molecule has 0 aliphatic carbocycles. The van der Waals surface area contributed by atoms with E-state index in [9.17, 15) is 0 Å². The Morgan fingerprint density at radius 2 is 1.91 bits per heavy atom. The highest BCUT2D eigenvalue weighted by Crippen LogP contribution is 2.50. The minimum atomic E-state index is -0.0347. The third-order valence-corrected chi connectivity index (χ3v) is 5.91. The van der Waals surface area contributed by atoms with Crippen LogP contribution in [-0.4, -0.2) is 26.3 Å². The number of benzene rings is 2. The Hall–Kier alpha value is -3.51. The van der Waals surface area contributed by atoms with Gasteiger partial charge in [0, 0.05) is 23.3 Å². The van der Waals surface area contributed by atoms with Crippen molar-refractivity contribution in [3.05, 3.63) is 95.6 Å². The number of hydrogen-bond acceptors (Lipinski definition) is 6. The first-order valence-electron chi connectivity index (χ1n) is 11.1. The molecule has 0 spiro atoms. The van der Waals surface area contributed by atoms with Crippen LogP contribution >= 0.6 is 0 Å². The van der Waals surface area contributed by atoms with Crippen LogP contribution in [0.2, 0.25) is 0 Å². The van der Waals surface area contributed by atoms with Gasteiger partial charge in [-0.25, -0.2) is 0 Å². The van der Waals surface area contributed by atoms with Gasteiger partial charge in [0.2, 0.25) is 0 Å². The van der Waals surface area contributed by atoms with Crippen molar-refractivity contribution < 1.29 is 13.9 Å². The summed E-state index contributed by atoms with van der Waals surface area (Å²) in [7, 11) is 1.74. The van der Waals surface area contributed by atoms with Crippen LogP contribution in [0.3, 0.4) is 0 Å². The van der Waals surface area contributed by atoms with E-state index in [1.165, 1.54) is 28.8 Å². The van der Waals surface area contributed by atoms with E-state index in [1.807, 2.05) is 0 Å². The highest BCUT2D eigenvalue weighted by atomic mass is 16.5. The first-order chi connectivity index (χ1) is 16.0. The molecule has 6 heteroatoms. The number of nitrogens with two attached hydrogens (primary N) is 1. The van der Waals surface area contributed by atoms with Crippen LogP contribution in [0.25, 0.3) is 0 Å². The maximum Gasteiger partial charge on any atom is 0.251 e. The number of allylic oxidation sites excluding steroid dienone is 2. The van der Waals surface area contributed by atoms with Crippen LogP contribution in [0, 0.1) is 5.41 Å². The lowest BCUT2D eigenvalue weighted by Crippen LogP contribution is -2.30. The maximum absolute atomic E-state index is 7.15. The van der Waals surface area contributed by atoms with Crippen LogP contribution in [0.1, 0.15) is 37.7 Å². The lowest BCUT2D eigenvalue weighted by atomic mass is 9.76. The number of anilines is 1. The molecule has 3 aromatic rings. The Balaban J connectivity index is 0.000000257. The molecule has 1 unspecified atom stereocenters. The van der Waals surface area contributed by atoms with Crippen molar-refractivity contribution in [2.75, 3.05) is 25.3 Å². The van der Waals surface area contributed by atoms with Gasteiger partial charge in [-0.2, -0.15) is 0 Å². The van der Waals surface area contributed by atoms with E-state index in [4.69, 9.17) is 20.3 Å². The molecule has 0 fully saturated rings. The van der Waals surface area contributed by atoms with Gasteiger partial charge < -0.3 is 18.8 Å². The van der Waals surface area contributed by atoms with E-state index in [-0.39, 0.29) is 18.0 Å². The third kappa shape index (κ3) is 5.12. The average molecular weight is 448 g/mol. The van der Waals surface area contributed by atoms with Gasteiger partial charge in [-0.3, -0.25) is 11.1 Å². The molecule has 2 heterocycles. The monoisotopic (exact) mass is 447 g/mol. The van der Waals surface area contributed by atoms with Crippen molar-refractivity contribution in [3.8, 4) is 5.75 Å². The molecule has 1 aliphatic heterocycles. The van der Waals surface area contributed by atoms with Crippen LogP contribution in [-0.2, 0) is 16.6 Å². The molecule has 174 valence electrons. The summed E-state index contributed by atoms with van der Waals surface area (Å²) in [5.41, 5.74) is 10.4. The minimum absolute atomic E-state index is 0.000463. The fourth-order valence-electron chi connectivity index (χ4n) is 4.45. The molecule has 6 nitrogen and oxygen atoms in total. The summed E-state index contributed by atoms with van der Waals surface area (Å²) in [6.45, 7) is 7.68. The van der Waals surface area contributed by atoms with E-state index in [1.54, 1.807) is 19.2 Å². The SMILES string of the molecule is C/C=C1\N(CC)c2ccc(OC)cc2C1(C)Cc1ccccc1.N=C(OCN)c1ccco1. The Morgan fingerprint density at radius 1 is 1.15 bits per heavy atom. The van der Waals surface area contributed by atoms with E-state index >= 15 is 0 Å². The Labute approximate surface area is 196 Å². The summed E-state index contributed by atoms with van der Waals surface area (Å²) in [6, 6.07) is 20.5. The molecular weight excluding hydrogens is 414 g/mol. The predicted molar refractivity (Wildman–Crippen MR) is 133 cm³/mol. The number of likely N-dealkylation sites (N-methyl/N-ethyl adjacent to an activating group) is 1. The van der Waals surface area contributed by atoms with Crippen molar-refractivity contribution in [3.63, 3.8) is 0 Å². The molecule has 1 aromatic heterocycles. The largest absolute Gasteiger partial charge is 0.497 e. The normalized spacial score (nSPS) is 17.8. The molecule has 0 bridgehead atoms. The number of methoxy groups -OCH3 is 1. The first-order valence-corrected chi connectivity index (χ1v) is 11.1. The summed E-state index contributed by atoms with van der Waals surface area (Å²) >= 11 is 0. The molecule has 4 rings (SSSR count). The summed E-state index contributed by atoms with van der Waals surface area (Å²) in [4.78, 5) is 2.43. The number of rotatable bonds is 6. The van der Waals surface area contributed by atoms with E-state index in [0.29, 0.717) is 5.76 Å². The van der Waals surface area contributed by atoms with E-state index in [2.05, 4.69) is 85.0 Å². The van der Waals surface area contributed by atoms with Gasteiger partial charge in [0.25, 0.3) is 5.90 Å². The van der Waals surface area contributed by atoms with Crippen LogP contribution < -0.4 is 15.4 Å². The van der Waals surface area contributed by atoms with Crippen molar-refractivity contribution in [2.24, 2.45) is 5.73 Å². The first kappa shape index (κ1) is 24.1. The summed E-state index contributed by atoms with van der Waals surface area (Å²) in [6.07, 6.45) is 4.73. The zero-order valence-electron chi connectivity index (χ0n) is 19.8. The van der Waals surface area contributed by atoms with Gasteiger partial charge in [0.1, 0.15) is 12.5 Å². The summed E-state index contributed by atoms with van der Waals surface area (Å²) in [5.74, 6) is 1.29.